The van der Waals surface area contributed by atoms with Gasteiger partial charge >= 0.3 is 5.97 Å². The van der Waals surface area contributed by atoms with Gasteiger partial charge in [0.15, 0.2) is 0 Å². The van der Waals surface area contributed by atoms with E-state index in [1.807, 2.05) is 60.7 Å². The highest BCUT2D eigenvalue weighted by Gasteiger charge is 2.26. The molecule has 2 amide bonds. The second-order valence-electron chi connectivity index (χ2n) is 9.07. The SMILES string of the molecule is C=CC[C@@H](CC(=O)N[C@H](C)CO)C(=O)NC[C@@H](OC(=O)[C@H](CC=C)Cc1ccccc1)c1ccccc1. The number of aliphatic hydroxyl groups is 1. The van der Waals surface area contributed by atoms with Crippen molar-refractivity contribution in [1.29, 1.82) is 0 Å². The predicted octanol–water partition coefficient (Wildman–Crippen LogP) is 3.90. The first-order valence-electron chi connectivity index (χ1n) is 12.6. The summed E-state index contributed by atoms with van der Waals surface area (Å²) in [7, 11) is 0. The van der Waals surface area contributed by atoms with E-state index >= 15 is 0 Å². The fourth-order valence-corrected chi connectivity index (χ4v) is 3.92. The molecule has 0 bridgehead atoms. The highest BCUT2D eigenvalue weighted by atomic mass is 16.5. The number of nitrogens with one attached hydrogen (secondary N) is 2. The number of ether oxygens (including phenoxy) is 1. The summed E-state index contributed by atoms with van der Waals surface area (Å²) in [6, 6.07) is 18.6. The third kappa shape index (κ3) is 10.4. The molecule has 198 valence electrons. The third-order valence-electron chi connectivity index (χ3n) is 5.94. The van der Waals surface area contributed by atoms with Gasteiger partial charge in [0.1, 0.15) is 6.10 Å². The molecule has 0 fully saturated rings. The van der Waals surface area contributed by atoms with Crippen molar-refractivity contribution in [2.45, 2.75) is 44.8 Å². The lowest BCUT2D eigenvalue weighted by atomic mass is 9.96. The van der Waals surface area contributed by atoms with Crippen LogP contribution in [0.4, 0.5) is 0 Å². The van der Waals surface area contributed by atoms with E-state index in [1.54, 1.807) is 19.1 Å². The maximum atomic E-state index is 13.2. The van der Waals surface area contributed by atoms with Gasteiger partial charge in [0, 0.05) is 12.5 Å². The molecule has 0 radical (unpaired) electrons. The number of hydrogen-bond donors (Lipinski definition) is 3. The van der Waals surface area contributed by atoms with Crippen LogP contribution in [-0.4, -0.2) is 42.1 Å². The Labute approximate surface area is 219 Å². The monoisotopic (exact) mass is 506 g/mol. The summed E-state index contributed by atoms with van der Waals surface area (Å²) in [5, 5.41) is 14.7. The number of amides is 2. The minimum atomic E-state index is -0.701. The summed E-state index contributed by atoms with van der Waals surface area (Å²) < 4.78 is 5.93. The second kappa shape index (κ2) is 16.1. The zero-order chi connectivity index (χ0) is 27.0. The van der Waals surface area contributed by atoms with Crippen LogP contribution < -0.4 is 10.6 Å². The van der Waals surface area contributed by atoms with Crippen molar-refractivity contribution in [2.24, 2.45) is 11.8 Å². The van der Waals surface area contributed by atoms with Crippen LogP contribution in [0.25, 0.3) is 0 Å². The lowest BCUT2D eigenvalue weighted by Gasteiger charge is -2.23. The molecular weight excluding hydrogens is 468 g/mol. The maximum absolute atomic E-state index is 13.2. The van der Waals surface area contributed by atoms with Crippen LogP contribution in [0.1, 0.15) is 43.4 Å². The Bertz CT molecular complexity index is 1010. The number of allylic oxidation sites excluding steroid dienone is 2. The molecule has 0 saturated heterocycles. The number of esters is 1. The maximum Gasteiger partial charge on any atom is 0.310 e. The van der Waals surface area contributed by atoms with Crippen LogP contribution in [-0.2, 0) is 25.5 Å². The highest BCUT2D eigenvalue weighted by Crippen LogP contribution is 2.22. The fourth-order valence-electron chi connectivity index (χ4n) is 3.92. The quantitative estimate of drug-likeness (QED) is 0.237. The summed E-state index contributed by atoms with van der Waals surface area (Å²) in [4.78, 5) is 38.5. The van der Waals surface area contributed by atoms with E-state index in [1.165, 1.54) is 0 Å². The van der Waals surface area contributed by atoms with Crippen LogP contribution in [0.2, 0.25) is 0 Å². The van der Waals surface area contributed by atoms with Crippen molar-refractivity contribution in [3.8, 4) is 0 Å². The number of hydrogen-bond acceptors (Lipinski definition) is 5. The first kappa shape index (κ1) is 29.5. The molecule has 0 aliphatic rings. The molecule has 0 aliphatic carbocycles. The van der Waals surface area contributed by atoms with Gasteiger partial charge in [0.05, 0.1) is 25.0 Å². The zero-order valence-electron chi connectivity index (χ0n) is 21.5. The number of benzene rings is 2. The van der Waals surface area contributed by atoms with E-state index < -0.39 is 24.0 Å². The van der Waals surface area contributed by atoms with E-state index in [4.69, 9.17) is 9.84 Å². The molecule has 0 spiro atoms. The minimum Gasteiger partial charge on any atom is -0.455 e. The molecule has 0 aliphatic heterocycles. The van der Waals surface area contributed by atoms with Gasteiger partial charge in [-0.25, -0.2) is 0 Å². The Morgan fingerprint density at radius 2 is 1.54 bits per heavy atom. The lowest BCUT2D eigenvalue weighted by molar-refractivity contribution is -0.154. The summed E-state index contributed by atoms with van der Waals surface area (Å²) in [5.74, 6) is -2.08. The van der Waals surface area contributed by atoms with E-state index in [0.29, 0.717) is 19.3 Å². The van der Waals surface area contributed by atoms with Crippen molar-refractivity contribution in [3.05, 3.63) is 97.1 Å². The summed E-state index contributed by atoms with van der Waals surface area (Å²) >= 11 is 0. The van der Waals surface area contributed by atoms with E-state index in [2.05, 4.69) is 23.8 Å². The minimum absolute atomic E-state index is 0.0452. The number of aliphatic hydroxyl groups excluding tert-OH is 1. The van der Waals surface area contributed by atoms with Crippen LogP contribution in [0.3, 0.4) is 0 Å². The van der Waals surface area contributed by atoms with E-state index in [9.17, 15) is 14.4 Å². The largest absolute Gasteiger partial charge is 0.455 e. The third-order valence-corrected chi connectivity index (χ3v) is 5.94. The normalized spacial score (nSPS) is 13.9. The molecule has 0 unspecified atom stereocenters. The Kier molecular flexibility index (Phi) is 12.9. The first-order valence-corrected chi connectivity index (χ1v) is 12.6. The summed E-state index contributed by atoms with van der Waals surface area (Å²) in [5.41, 5.74) is 1.78. The van der Waals surface area contributed by atoms with Gasteiger partial charge in [0.2, 0.25) is 11.8 Å². The Morgan fingerprint density at radius 3 is 2.14 bits per heavy atom. The zero-order valence-corrected chi connectivity index (χ0v) is 21.5. The van der Waals surface area contributed by atoms with E-state index in [0.717, 1.165) is 11.1 Å². The van der Waals surface area contributed by atoms with Gasteiger partial charge in [-0.05, 0) is 37.3 Å². The average molecular weight is 507 g/mol. The van der Waals surface area contributed by atoms with E-state index in [-0.39, 0.29) is 37.4 Å². The van der Waals surface area contributed by atoms with Crippen LogP contribution in [0, 0.1) is 11.8 Å². The van der Waals surface area contributed by atoms with Crippen LogP contribution >= 0.6 is 0 Å². The van der Waals surface area contributed by atoms with Crippen LogP contribution in [0.15, 0.2) is 86.0 Å². The molecular formula is C30H38N2O5. The van der Waals surface area contributed by atoms with Gasteiger partial charge in [0.25, 0.3) is 0 Å². The van der Waals surface area contributed by atoms with Crippen molar-refractivity contribution in [2.75, 3.05) is 13.2 Å². The second-order valence-corrected chi connectivity index (χ2v) is 9.07. The Hall–Kier alpha value is -3.71. The molecule has 3 N–H and O–H groups in total. The standard InChI is InChI=1S/C30H38N2O5/c1-4-12-25(19-28(34)32-22(3)21-33)29(35)31-20-27(24-16-10-7-11-17-24)37-30(36)26(13-5-2)18-23-14-8-6-9-15-23/h4-11,14-17,22,25-27,33H,1-2,12-13,18-21H2,3H3,(H,31,35)(H,32,34)/t22-,25+,26-,27-/m1/s1. The molecule has 0 saturated carbocycles. The molecule has 4 atom stereocenters. The van der Waals surface area contributed by atoms with Gasteiger partial charge in [-0.3, -0.25) is 14.4 Å². The first-order chi connectivity index (χ1) is 17.9. The molecule has 0 aromatic heterocycles. The Balaban J connectivity index is 2.11. The van der Waals surface area contributed by atoms with Crippen molar-refractivity contribution < 1.29 is 24.2 Å². The summed E-state index contributed by atoms with van der Waals surface area (Å²) in [6.45, 7) is 9.02. The Morgan fingerprint density at radius 1 is 0.946 bits per heavy atom. The summed E-state index contributed by atoms with van der Waals surface area (Å²) in [6.07, 6.45) is 3.83. The average Bonchev–Trinajstić information content (AvgIpc) is 2.91. The molecule has 0 heterocycles. The molecule has 2 aromatic rings. The van der Waals surface area contributed by atoms with Crippen LogP contribution in [0.5, 0.6) is 0 Å². The number of carbonyl (C=O) groups excluding carboxylic acids is 3. The lowest BCUT2D eigenvalue weighted by Crippen LogP contribution is -2.40. The van der Waals surface area contributed by atoms with Gasteiger partial charge in [-0.2, -0.15) is 0 Å². The molecule has 7 heteroatoms. The van der Waals surface area contributed by atoms with Crippen molar-refractivity contribution in [3.63, 3.8) is 0 Å². The molecule has 2 rings (SSSR count). The van der Waals surface area contributed by atoms with Gasteiger partial charge in [-0.1, -0.05) is 72.8 Å². The topological polar surface area (TPSA) is 105 Å². The molecule has 2 aromatic carbocycles. The highest BCUT2D eigenvalue weighted by molar-refractivity contribution is 5.86. The smallest absolute Gasteiger partial charge is 0.310 e. The van der Waals surface area contributed by atoms with Gasteiger partial charge < -0.3 is 20.5 Å². The number of rotatable bonds is 16. The van der Waals surface area contributed by atoms with Gasteiger partial charge in [-0.15, -0.1) is 13.2 Å². The van der Waals surface area contributed by atoms with Crippen molar-refractivity contribution >= 4 is 17.8 Å². The van der Waals surface area contributed by atoms with Crippen molar-refractivity contribution in [1.82, 2.24) is 10.6 Å². The predicted molar refractivity (Wildman–Crippen MR) is 144 cm³/mol. The molecule has 37 heavy (non-hydrogen) atoms. The fraction of sp³-hybridized carbons (Fsp3) is 0.367. The number of carbonyl (C=O) groups is 3. The molecule has 7 nitrogen and oxygen atoms in total.